The van der Waals surface area contributed by atoms with Crippen LogP contribution in [0.5, 0.6) is 5.75 Å². The Hall–Kier alpha value is -1.99. The fraction of sp³-hybridized carbons (Fsp3) is 0.133. The van der Waals surface area contributed by atoms with Gasteiger partial charge in [-0.3, -0.25) is 0 Å². The van der Waals surface area contributed by atoms with Gasteiger partial charge in [0.1, 0.15) is 5.75 Å². The largest absolute Gasteiger partial charge is 0.495 e. The van der Waals surface area contributed by atoms with Gasteiger partial charge >= 0.3 is 0 Å². The van der Waals surface area contributed by atoms with E-state index in [1.165, 1.54) is 0 Å². The van der Waals surface area contributed by atoms with Crippen LogP contribution in [0.15, 0.2) is 40.9 Å². The van der Waals surface area contributed by atoms with E-state index in [0.29, 0.717) is 5.56 Å². The van der Waals surface area contributed by atoms with Crippen LogP contribution in [0.3, 0.4) is 0 Å². The zero-order valence-electron chi connectivity index (χ0n) is 10.7. The summed E-state index contributed by atoms with van der Waals surface area (Å²) in [6.07, 6.45) is 0. The van der Waals surface area contributed by atoms with Crippen LogP contribution < -0.4 is 10.1 Å². The third-order valence-electron chi connectivity index (χ3n) is 2.66. The fourth-order valence-electron chi connectivity index (χ4n) is 1.80. The Morgan fingerprint density at radius 2 is 2.00 bits per heavy atom. The molecule has 0 radical (unpaired) electrons. The fourth-order valence-corrected chi connectivity index (χ4v) is 2.29. The Bertz CT molecular complexity index is 647. The highest BCUT2D eigenvalue weighted by atomic mass is 79.9. The van der Waals surface area contributed by atoms with E-state index in [9.17, 15) is 0 Å². The molecule has 4 heteroatoms. The normalized spacial score (nSPS) is 9.79. The lowest BCUT2D eigenvalue weighted by Gasteiger charge is -2.12. The van der Waals surface area contributed by atoms with Crippen molar-refractivity contribution in [3.63, 3.8) is 0 Å². The predicted octanol–water partition coefficient (Wildman–Crippen LogP) is 4.38. The van der Waals surface area contributed by atoms with Gasteiger partial charge in [0, 0.05) is 10.2 Å². The summed E-state index contributed by atoms with van der Waals surface area (Å²) >= 11 is 3.39. The number of aryl methyl sites for hydroxylation is 1. The SMILES string of the molecule is COc1ccc(C)cc1Nc1cc(Br)cc(C#N)c1. The third-order valence-corrected chi connectivity index (χ3v) is 3.12. The summed E-state index contributed by atoms with van der Waals surface area (Å²) in [4.78, 5) is 0. The molecule has 0 fully saturated rings. The standard InChI is InChI=1S/C15H13BrN2O/c1-10-3-4-15(19-2)14(5-10)18-13-7-11(9-17)6-12(16)8-13/h3-8,18H,1-2H3. The van der Waals surface area contributed by atoms with E-state index < -0.39 is 0 Å². The van der Waals surface area contributed by atoms with Gasteiger partial charge in [0.15, 0.2) is 0 Å². The zero-order valence-corrected chi connectivity index (χ0v) is 12.3. The Morgan fingerprint density at radius 3 is 2.68 bits per heavy atom. The molecule has 1 N–H and O–H groups in total. The summed E-state index contributed by atoms with van der Waals surface area (Å²) < 4.78 is 6.18. The van der Waals surface area contributed by atoms with E-state index >= 15 is 0 Å². The Morgan fingerprint density at radius 1 is 1.21 bits per heavy atom. The van der Waals surface area contributed by atoms with Crippen molar-refractivity contribution >= 4 is 27.3 Å². The minimum atomic E-state index is 0.600. The Labute approximate surface area is 121 Å². The van der Waals surface area contributed by atoms with Crippen molar-refractivity contribution in [3.05, 3.63) is 52.0 Å². The first-order valence-electron chi connectivity index (χ1n) is 5.75. The van der Waals surface area contributed by atoms with Crippen LogP contribution in [-0.4, -0.2) is 7.11 Å². The predicted molar refractivity (Wildman–Crippen MR) is 79.9 cm³/mol. The van der Waals surface area contributed by atoms with Gasteiger partial charge in [-0.1, -0.05) is 22.0 Å². The van der Waals surface area contributed by atoms with Crippen molar-refractivity contribution in [2.75, 3.05) is 12.4 Å². The number of rotatable bonds is 3. The number of nitrogens with one attached hydrogen (secondary N) is 1. The molecule has 3 nitrogen and oxygen atoms in total. The number of hydrogen-bond acceptors (Lipinski definition) is 3. The lowest BCUT2D eigenvalue weighted by Crippen LogP contribution is -1.95. The Kier molecular flexibility index (Phi) is 4.08. The molecule has 2 aromatic carbocycles. The van der Waals surface area contributed by atoms with Crippen LogP contribution in [0.1, 0.15) is 11.1 Å². The minimum absolute atomic E-state index is 0.600. The van der Waals surface area contributed by atoms with Crippen molar-refractivity contribution < 1.29 is 4.74 Å². The second-order valence-corrected chi connectivity index (χ2v) is 5.08. The minimum Gasteiger partial charge on any atom is -0.495 e. The molecule has 0 heterocycles. The highest BCUT2D eigenvalue weighted by Crippen LogP contribution is 2.30. The number of nitriles is 1. The molecule has 0 atom stereocenters. The average Bonchev–Trinajstić information content (AvgIpc) is 2.38. The van der Waals surface area contributed by atoms with Crippen LogP contribution in [-0.2, 0) is 0 Å². The molecule has 0 aromatic heterocycles. The lowest BCUT2D eigenvalue weighted by molar-refractivity contribution is 0.416. The van der Waals surface area contributed by atoms with E-state index in [4.69, 9.17) is 10.00 Å². The maximum atomic E-state index is 8.97. The van der Waals surface area contributed by atoms with Crippen molar-refractivity contribution in [1.29, 1.82) is 5.26 Å². The van der Waals surface area contributed by atoms with Crippen LogP contribution >= 0.6 is 15.9 Å². The summed E-state index contributed by atoms with van der Waals surface area (Å²) in [7, 11) is 1.64. The van der Waals surface area contributed by atoms with Gasteiger partial charge in [0.05, 0.1) is 24.4 Å². The molecule has 2 aromatic rings. The van der Waals surface area contributed by atoms with E-state index in [2.05, 4.69) is 27.3 Å². The number of benzene rings is 2. The molecule has 0 unspecified atom stereocenters. The number of nitrogens with zero attached hydrogens (tertiary/aromatic N) is 1. The summed E-state index contributed by atoms with van der Waals surface area (Å²) in [6.45, 7) is 2.02. The number of anilines is 2. The molecule has 0 aliphatic carbocycles. The summed E-state index contributed by atoms with van der Waals surface area (Å²) in [5.41, 5.74) is 3.46. The molecule has 0 aliphatic rings. The maximum absolute atomic E-state index is 8.97. The molecule has 0 spiro atoms. The van der Waals surface area contributed by atoms with Gasteiger partial charge in [-0.25, -0.2) is 0 Å². The van der Waals surface area contributed by atoms with Crippen molar-refractivity contribution in [2.45, 2.75) is 6.92 Å². The van der Waals surface area contributed by atoms with Crippen molar-refractivity contribution in [1.82, 2.24) is 0 Å². The van der Waals surface area contributed by atoms with Crippen molar-refractivity contribution in [3.8, 4) is 11.8 Å². The van der Waals surface area contributed by atoms with Gasteiger partial charge in [-0.2, -0.15) is 5.26 Å². The smallest absolute Gasteiger partial charge is 0.142 e. The number of ether oxygens (including phenoxy) is 1. The van der Waals surface area contributed by atoms with Crippen molar-refractivity contribution in [2.24, 2.45) is 0 Å². The van der Waals surface area contributed by atoms with E-state index in [1.807, 2.05) is 31.2 Å². The quantitative estimate of drug-likeness (QED) is 0.913. The van der Waals surface area contributed by atoms with Gasteiger partial charge in [-0.15, -0.1) is 0 Å². The van der Waals surface area contributed by atoms with Crippen LogP contribution in [0, 0.1) is 18.3 Å². The molecule has 96 valence electrons. The van der Waals surface area contributed by atoms with E-state index in [-0.39, 0.29) is 0 Å². The second kappa shape index (κ2) is 5.77. The van der Waals surface area contributed by atoms with Gasteiger partial charge < -0.3 is 10.1 Å². The summed E-state index contributed by atoms with van der Waals surface area (Å²) in [5.74, 6) is 0.768. The molecule has 19 heavy (non-hydrogen) atoms. The highest BCUT2D eigenvalue weighted by Gasteiger charge is 2.05. The van der Waals surface area contributed by atoms with Crippen LogP contribution in [0.4, 0.5) is 11.4 Å². The number of methoxy groups -OCH3 is 1. The highest BCUT2D eigenvalue weighted by molar-refractivity contribution is 9.10. The first-order chi connectivity index (χ1) is 9.12. The summed E-state index contributed by atoms with van der Waals surface area (Å²) in [5, 5.41) is 12.2. The van der Waals surface area contributed by atoms with Gasteiger partial charge in [0.2, 0.25) is 0 Å². The number of hydrogen-bond donors (Lipinski definition) is 1. The molecular formula is C15H13BrN2O. The molecular weight excluding hydrogens is 304 g/mol. The number of halogens is 1. The molecule has 0 aliphatic heterocycles. The topological polar surface area (TPSA) is 45.0 Å². The second-order valence-electron chi connectivity index (χ2n) is 4.17. The van der Waals surface area contributed by atoms with E-state index in [1.54, 1.807) is 19.2 Å². The van der Waals surface area contributed by atoms with Crippen LogP contribution in [0.25, 0.3) is 0 Å². The monoisotopic (exact) mass is 316 g/mol. The molecule has 0 saturated heterocycles. The lowest BCUT2D eigenvalue weighted by atomic mass is 10.2. The maximum Gasteiger partial charge on any atom is 0.142 e. The first-order valence-corrected chi connectivity index (χ1v) is 6.54. The van der Waals surface area contributed by atoms with Gasteiger partial charge in [-0.05, 0) is 42.8 Å². The van der Waals surface area contributed by atoms with Gasteiger partial charge in [0.25, 0.3) is 0 Å². The first kappa shape index (κ1) is 13.4. The van der Waals surface area contributed by atoms with E-state index in [0.717, 1.165) is 27.2 Å². The molecule has 2 rings (SSSR count). The summed E-state index contributed by atoms with van der Waals surface area (Å²) in [6, 6.07) is 13.5. The average molecular weight is 317 g/mol. The van der Waals surface area contributed by atoms with Crippen LogP contribution in [0.2, 0.25) is 0 Å². The molecule has 0 saturated carbocycles. The zero-order chi connectivity index (χ0) is 13.8. The third kappa shape index (κ3) is 3.27. The Balaban J connectivity index is 2.38. The molecule has 0 amide bonds. The molecule has 0 bridgehead atoms.